The number of aliphatic carboxylic acids is 1. The molecule has 1 aliphatic heterocycles. The van der Waals surface area contributed by atoms with Crippen LogP contribution in [0.4, 0.5) is 4.39 Å². The molecule has 0 saturated carbocycles. The summed E-state index contributed by atoms with van der Waals surface area (Å²) in [5, 5.41) is 8.46. The number of rotatable bonds is 4. The van der Waals surface area contributed by atoms with Crippen LogP contribution >= 0.6 is 0 Å². The van der Waals surface area contributed by atoms with Crippen molar-refractivity contribution in [3.63, 3.8) is 0 Å². The number of carbonyl (C=O) groups is 1. The summed E-state index contributed by atoms with van der Waals surface area (Å²) in [7, 11) is 0. The van der Waals surface area contributed by atoms with Crippen LogP contribution in [0.5, 0.6) is 0 Å². The van der Waals surface area contributed by atoms with Gasteiger partial charge in [-0.15, -0.1) is 0 Å². The summed E-state index contributed by atoms with van der Waals surface area (Å²) >= 11 is 0. The van der Waals surface area contributed by atoms with Gasteiger partial charge in [0.15, 0.2) is 0 Å². The lowest BCUT2D eigenvalue weighted by Crippen LogP contribution is -2.37. The molecule has 0 radical (unpaired) electrons. The number of halogens is 1. The Bertz CT molecular complexity index is 188. The fourth-order valence-electron chi connectivity index (χ4n) is 1.78. The van der Waals surface area contributed by atoms with Gasteiger partial charge in [-0.2, -0.15) is 0 Å². The van der Waals surface area contributed by atoms with E-state index in [1.54, 1.807) is 0 Å². The molecule has 1 N–H and O–H groups in total. The smallest absolute Gasteiger partial charge is 0.306 e. The van der Waals surface area contributed by atoms with Gasteiger partial charge in [-0.1, -0.05) is 0 Å². The Kier molecular flexibility index (Phi) is 3.25. The Labute approximate surface area is 77.5 Å². The first-order chi connectivity index (χ1) is 5.99. The summed E-state index contributed by atoms with van der Waals surface area (Å²) in [6, 6.07) is 0. The average molecular weight is 189 g/mol. The lowest BCUT2D eigenvalue weighted by molar-refractivity contribution is -0.140. The summed E-state index contributed by atoms with van der Waals surface area (Å²) in [5.74, 6) is -1.07. The third kappa shape index (κ3) is 3.72. The van der Waals surface area contributed by atoms with E-state index < -0.39 is 18.1 Å². The first-order valence-corrected chi connectivity index (χ1v) is 4.63. The van der Waals surface area contributed by atoms with Crippen LogP contribution in [0.2, 0.25) is 0 Å². The number of carboxylic acid groups (broad SMARTS) is 1. The Hall–Kier alpha value is -0.640. The minimum Gasteiger partial charge on any atom is -0.481 e. The minimum absolute atomic E-state index is 0.249. The van der Waals surface area contributed by atoms with Crippen LogP contribution in [0.1, 0.15) is 26.2 Å². The quantitative estimate of drug-likeness (QED) is 0.724. The standard InChI is InChI=1S/C9H16FNO2/c1-9(10,6-8(12)13)7-11-4-2-3-5-11/h2-7H2,1H3,(H,12,13). The molecule has 1 heterocycles. The summed E-state index contributed by atoms with van der Waals surface area (Å²) in [4.78, 5) is 12.3. The van der Waals surface area contributed by atoms with Crippen LogP contribution in [-0.4, -0.2) is 41.3 Å². The highest BCUT2D eigenvalue weighted by molar-refractivity contribution is 5.68. The maximum Gasteiger partial charge on any atom is 0.306 e. The fraction of sp³-hybridized carbons (Fsp3) is 0.889. The third-order valence-electron chi connectivity index (χ3n) is 2.27. The van der Waals surface area contributed by atoms with Crippen molar-refractivity contribution < 1.29 is 14.3 Å². The van der Waals surface area contributed by atoms with E-state index in [0.29, 0.717) is 0 Å². The zero-order valence-corrected chi connectivity index (χ0v) is 7.92. The van der Waals surface area contributed by atoms with Crippen molar-refractivity contribution in [2.45, 2.75) is 31.9 Å². The van der Waals surface area contributed by atoms with E-state index in [1.807, 2.05) is 4.90 Å². The van der Waals surface area contributed by atoms with Crippen molar-refractivity contribution in [1.29, 1.82) is 0 Å². The molecular formula is C9H16FNO2. The summed E-state index contributed by atoms with van der Waals surface area (Å²) < 4.78 is 13.6. The Balaban J connectivity index is 2.35. The molecule has 1 fully saturated rings. The van der Waals surface area contributed by atoms with E-state index in [9.17, 15) is 9.18 Å². The van der Waals surface area contributed by atoms with E-state index in [0.717, 1.165) is 25.9 Å². The van der Waals surface area contributed by atoms with Gasteiger partial charge in [-0.05, 0) is 32.9 Å². The average Bonchev–Trinajstić information content (AvgIpc) is 2.34. The minimum atomic E-state index is -1.59. The van der Waals surface area contributed by atoms with Crippen LogP contribution in [0.3, 0.4) is 0 Å². The van der Waals surface area contributed by atoms with Crippen LogP contribution in [-0.2, 0) is 4.79 Å². The molecule has 1 saturated heterocycles. The van der Waals surface area contributed by atoms with Gasteiger partial charge in [-0.3, -0.25) is 4.79 Å². The van der Waals surface area contributed by atoms with Crippen LogP contribution in [0.15, 0.2) is 0 Å². The normalized spacial score (nSPS) is 22.9. The van der Waals surface area contributed by atoms with Crippen molar-refractivity contribution in [3.05, 3.63) is 0 Å². The first-order valence-electron chi connectivity index (χ1n) is 4.63. The zero-order chi connectivity index (χ0) is 9.90. The van der Waals surface area contributed by atoms with Gasteiger partial charge in [0.05, 0.1) is 6.42 Å². The zero-order valence-electron chi connectivity index (χ0n) is 7.92. The van der Waals surface area contributed by atoms with Crippen molar-refractivity contribution in [3.8, 4) is 0 Å². The van der Waals surface area contributed by atoms with Crippen LogP contribution < -0.4 is 0 Å². The molecule has 0 aromatic carbocycles. The molecule has 4 heteroatoms. The predicted molar refractivity (Wildman–Crippen MR) is 47.4 cm³/mol. The molecule has 0 aromatic rings. The van der Waals surface area contributed by atoms with Gasteiger partial charge in [0.1, 0.15) is 5.67 Å². The number of hydrogen-bond donors (Lipinski definition) is 1. The van der Waals surface area contributed by atoms with Crippen LogP contribution in [0.25, 0.3) is 0 Å². The maximum atomic E-state index is 13.6. The number of alkyl halides is 1. The first kappa shape index (κ1) is 10.4. The van der Waals surface area contributed by atoms with E-state index in [2.05, 4.69) is 0 Å². The highest BCUT2D eigenvalue weighted by Crippen LogP contribution is 2.19. The second-order valence-electron chi connectivity index (χ2n) is 3.97. The molecule has 0 aliphatic carbocycles. The number of nitrogens with zero attached hydrogens (tertiary/aromatic N) is 1. The molecule has 76 valence electrons. The molecule has 0 spiro atoms. The number of carboxylic acids is 1. The SMILES string of the molecule is CC(F)(CC(=O)O)CN1CCCC1. The topological polar surface area (TPSA) is 40.5 Å². The van der Waals surface area contributed by atoms with E-state index in [-0.39, 0.29) is 6.54 Å². The van der Waals surface area contributed by atoms with Crippen LogP contribution in [0, 0.1) is 0 Å². The molecule has 1 unspecified atom stereocenters. The predicted octanol–water partition coefficient (Wildman–Crippen LogP) is 1.29. The highest BCUT2D eigenvalue weighted by Gasteiger charge is 2.30. The van der Waals surface area contributed by atoms with Gasteiger partial charge in [0, 0.05) is 6.54 Å². The molecule has 0 amide bonds. The van der Waals surface area contributed by atoms with E-state index in [1.165, 1.54) is 6.92 Å². The lowest BCUT2D eigenvalue weighted by Gasteiger charge is -2.24. The Morgan fingerprint density at radius 3 is 2.54 bits per heavy atom. The van der Waals surface area contributed by atoms with Gasteiger partial charge >= 0.3 is 5.97 Å². The summed E-state index contributed by atoms with van der Waals surface area (Å²) in [6.07, 6.45) is 1.80. The highest BCUT2D eigenvalue weighted by atomic mass is 19.1. The van der Waals surface area contributed by atoms with E-state index >= 15 is 0 Å². The Morgan fingerprint density at radius 2 is 2.08 bits per heavy atom. The van der Waals surface area contributed by atoms with Crippen molar-refractivity contribution in [1.82, 2.24) is 4.90 Å². The molecule has 1 rings (SSSR count). The molecule has 0 bridgehead atoms. The second-order valence-corrected chi connectivity index (χ2v) is 3.97. The van der Waals surface area contributed by atoms with Gasteiger partial charge < -0.3 is 10.0 Å². The monoisotopic (exact) mass is 189 g/mol. The van der Waals surface area contributed by atoms with Gasteiger partial charge in [0.2, 0.25) is 0 Å². The van der Waals surface area contributed by atoms with E-state index in [4.69, 9.17) is 5.11 Å². The molecule has 0 aromatic heterocycles. The summed E-state index contributed by atoms with van der Waals surface area (Å²) in [5.41, 5.74) is -1.59. The van der Waals surface area contributed by atoms with Crippen molar-refractivity contribution in [2.75, 3.05) is 19.6 Å². The van der Waals surface area contributed by atoms with Gasteiger partial charge in [-0.25, -0.2) is 4.39 Å². The molecule has 3 nitrogen and oxygen atoms in total. The fourth-order valence-corrected chi connectivity index (χ4v) is 1.78. The Morgan fingerprint density at radius 1 is 1.54 bits per heavy atom. The van der Waals surface area contributed by atoms with Crippen molar-refractivity contribution in [2.24, 2.45) is 0 Å². The number of hydrogen-bond acceptors (Lipinski definition) is 2. The van der Waals surface area contributed by atoms with Gasteiger partial charge in [0.25, 0.3) is 0 Å². The van der Waals surface area contributed by atoms with Crippen molar-refractivity contribution >= 4 is 5.97 Å². The second kappa shape index (κ2) is 4.05. The lowest BCUT2D eigenvalue weighted by atomic mass is 10.0. The molecule has 1 aliphatic rings. The third-order valence-corrected chi connectivity index (χ3v) is 2.27. The largest absolute Gasteiger partial charge is 0.481 e. The summed E-state index contributed by atoms with van der Waals surface area (Å²) in [6.45, 7) is 3.41. The maximum absolute atomic E-state index is 13.6. The molecule has 1 atom stereocenters. The number of likely N-dealkylation sites (tertiary alicyclic amines) is 1. The molecular weight excluding hydrogens is 173 g/mol. The molecule has 13 heavy (non-hydrogen) atoms.